The van der Waals surface area contributed by atoms with E-state index in [9.17, 15) is 9.59 Å². The molecule has 0 spiro atoms. The Morgan fingerprint density at radius 1 is 1.38 bits per heavy atom. The van der Waals surface area contributed by atoms with E-state index in [0.717, 1.165) is 4.90 Å². The number of amides is 2. The molecular formula is C15H20N4O2. The van der Waals surface area contributed by atoms with Crippen LogP contribution in [0, 0.1) is 17.4 Å². The molecule has 1 unspecified atom stereocenters. The van der Waals surface area contributed by atoms with Gasteiger partial charge in [-0.2, -0.15) is 5.26 Å². The fourth-order valence-corrected chi connectivity index (χ4v) is 1.92. The molecule has 112 valence electrons. The van der Waals surface area contributed by atoms with Gasteiger partial charge < -0.3 is 11.1 Å². The topological polar surface area (TPSA) is 99.2 Å². The Hall–Kier alpha value is -2.55. The van der Waals surface area contributed by atoms with Crippen molar-refractivity contribution in [2.75, 3.05) is 12.8 Å². The molecule has 0 bridgehead atoms. The molecule has 1 aromatic rings. The highest BCUT2D eigenvalue weighted by Crippen LogP contribution is 2.13. The number of nitriles is 1. The van der Waals surface area contributed by atoms with Crippen LogP contribution in [0.15, 0.2) is 24.3 Å². The number of anilines is 1. The van der Waals surface area contributed by atoms with Crippen LogP contribution in [-0.2, 0) is 4.79 Å². The first-order valence-corrected chi connectivity index (χ1v) is 6.69. The second kappa shape index (κ2) is 7.29. The van der Waals surface area contributed by atoms with Crippen LogP contribution in [0.25, 0.3) is 0 Å². The largest absolute Gasteiger partial charge is 0.398 e. The lowest BCUT2D eigenvalue weighted by Gasteiger charge is -2.22. The zero-order valence-corrected chi connectivity index (χ0v) is 12.5. The highest BCUT2D eigenvalue weighted by atomic mass is 16.2. The van der Waals surface area contributed by atoms with E-state index in [-0.39, 0.29) is 5.92 Å². The Labute approximate surface area is 124 Å². The number of carbonyl (C=O) groups is 2. The molecule has 0 aliphatic heterocycles. The minimum atomic E-state index is -0.748. The van der Waals surface area contributed by atoms with Gasteiger partial charge in [0.25, 0.3) is 11.8 Å². The highest BCUT2D eigenvalue weighted by Gasteiger charge is 2.25. The highest BCUT2D eigenvalue weighted by molar-refractivity contribution is 6.01. The van der Waals surface area contributed by atoms with Gasteiger partial charge in [-0.15, -0.1) is 0 Å². The molecule has 6 nitrogen and oxygen atoms in total. The third-order valence-electron chi connectivity index (χ3n) is 3.00. The van der Waals surface area contributed by atoms with Crippen LogP contribution in [0.4, 0.5) is 5.69 Å². The fraction of sp³-hybridized carbons (Fsp3) is 0.400. The van der Waals surface area contributed by atoms with E-state index >= 15 is 0 Å². The Bertz CT molecular complexity index is 563. The number of para-hydroxylation sites is 1. The molecule has 0 aliphatic rings. The molecule has 1 atom stereocenters. The van der Waals surface area contributed by atoms with Crippen molar-refractivity contribution < 1.29 is 9.59 Å². The monoisotopic (exact) mass is 288 g/mol. The molecule has 0 aromatic heterocycles. The van der Waals surface area contributed by atoms with Crippen molar-refractivity contribution in [2.24, 2.45) is 5.92 Å². The van der Waals surface area contributed by atoms with Crippen molar-refractivity contribution in [3.8, 4) is 6.19 Å². The van der Waals surface area contributed by atoms with Crippen LogP contribution in [0.5, 0.6) is 0 Å². The maximum absolute atomic E-state index is 12.2. The number of hydrogen-bond donors (Lipinski definition) is 2. The van der Waals surface area contributed by atoms with Crippen LogP contribution >= 0.6 is 0 Å². The number of likely N-dealkylation sites (N-methyl/N-ethyl adjacent to an activating group) is 1. The van der Waals surface area contributed by atoms with E-state index in [1.165, 1.54) is 7.05 Å². The molecule has 0 saturated heterocycles. The number of carbonyl (C=O) groups excluding carboxylic acids is 2. The molecule has 0 saturated carbocycles. The summed E-state index contributed by atoms with van der Waals surface area (Å²) in [6, 6.07) is 5.89. The van der Waals surface area contributed by atoms with Gasteiger partial charge in [0.2, 0.25) is 0 Å². The summed E-state index contributed by atoms with van der Waals surface area (Å²) < 4.78 is 0. The van der Waals surface area contributed by atoms with Crippen molar-refractivity contribution in [1.29, 1.82) is 5.26 Å². The molecule has 21 heavy (non-hydrogen) atoms. The Balaban J connectivity index is 2.92. The maximum Gasteiger partial charge on any atom is 0.257 e. The average molecular weight is 288 g/mol. The predicted octanol–water partition coefficient (Wildman–Crippen LogP) is 1.35. The quantitative estimate of drug-likeness (QED) is 0.485. The summed E-state index contributed by atoms with van der Waals surface area (Å²) in [4.78, 5) is 25.3. The Kier molecular flexibility index (Phi) is 5.73. The molecule has 1 aromatic carbocycles. The standard InChI is InChI=1S/C15H20N4O2/c1-10(2)8-13(15(21)19(3)9-16)18-14(20)11-6-4-5-7-12(11)17/h4-7,10,13H,8,17H2,1-3H3,(H,18,20). The lowest BCUT2D eigenvalue weighted by atomic mass is 10.0. The van der Waals surface area contributed by atoms with Crippen LogP contribution in [0.3, 0.4) is 0 Å². The Morgan fingerprint density at radius 3 is 2.52 bits per heavy atom. The molecule has 0 radical (unpaired) electrons. The smallest absolute Gasteiger partial charge is 0.257 e. The molecule has 1 rings (SSSR count). The molecule has 6 heteroatoms. The minimum absolute atomic E-state index is 0.194. The first kappa shape index (κ1) is 16.5. The SMILES string of the molecule is CC(C)CC(NC(=O)c1ccccc1N)C(=O)N(C)C#N. The second-order valence-electron chi connectivity index (χ2n) is 5.24. The fourth-order valence-electron chi connectivity index (χ4n) is 1.92. The third kappa shape index (κ3) is 4.49. The van der Waals surface area contributed by atoms with Crippen molar-refractivity contribution in [2.45, 2.75) is 26.3 Å². The molecule has 2 amide bonds. The summed E-state index contributed by atoms with van der Waals surface area (Å²) in [7, 11) is 1.37. The first-order chi connectivity index (χ1) is 9.86. The van der Waals surface area contributed by atoms with Gasteiger partial charge in [0.1, 0.15) is 6.04 Å². The van der Waals surface area contributed by atoms with Gasteiger partial charge >= 0.3 is 0 Å². The molecule has 0 aliphatic carbocycles. The van der Waals surface area contributed by atoms with Crippen molar-refractivity contribution in [1.82, 2.24) is 10.2 Å². The summed E-state index contributed by atoms with van der Waals surface area (Å²) in [5.74, 6) is -0.660. The zero-order chi connectivity index (χ0) is 16.0. The second-order valence-corrected chi connectivity index (χ2v) is 5.24. The predicted molar refractivity (Wildman–Crippen MR) is 79.9 cm³/mol. The van der Waals surface area contributed by atoms with Gasteiger partial charge in [0.05, 0.1) is 5.56 Å². The maximum atomic E-state index is 12.2. The summed E-state index contributed by atoms with van der Waals surface area (Å²) in [5, 5.41) is 11.5. The molecule has 0 fully saturated rings. The third-order valence-corrected chi connectivity index (χ3v) is 3.00. The van der Waals surface area contributed by atoms with Crippen LogP contribution in [0.2, 0.25) is 0 Å². The summed E-state index contributed by atoms with van der Waals surface area (Å²) in [5.41, 5.74) is 6.42. The number of nitrogen functional groups attached to an aromatic ring is 1. The summed E-state index contributed by atoms with van der Waals surface area (Å²) in [6.45, 7) is 3.88. The number of hydrogen-bond acceptors (Lipinski definition) is 4. The molecule has 3 N–H and O–H groups in total. The number of rotatable bonds is 5. The molecular weight excluding hydrogens is 268 g/mol. The zero-order valence-electron chi connectivity index (χ0n) is 12.5. The van der Waals surface area contributed by atoms with Gasteiger partial charge in [-0.3, -0.25) is 14.5 Å². The minimum Gasteiger partial charge on any atom is -0.398 e. The van der Waals surface area contributed by atoms with E-state index in [4.69, 9.17) is 11.0 Å². The van der Waals surface area contributed by atoms with Gasteiger partial charge in [-0.25, -0.2) is 0 Å². The lowest BCUT2D eigenvalue weighted by molar-refractivity contribution is -0.129. The van der Waals surface area contributed by atoms with Gasteiger partial charge in [0, 0.05) is 12.7 Å². The Morgan fingerprint density at radius 2 is 2.00 bits per heavy atom. The number of benzene rings is 1. The van der Waals surface area contributed by atoms with E-state index in [2.05, 4.69) is 5.32 Å². The van der Waals surface area contributed by atoms with Crippen LogP contribution in [-0.4, -0.2) is 29.8 Å². The number of nitrogens with zero attached hydrogens (tertiary/aromatic N) is 2. The van der Waals surface area contributed by atoms with Crippen molar-refractivity contribution >= 4 is 17.5 Å². The van der Waals surface area contributed by atoms with E-state index in [1.54, 1.807) is 30.5 Å². The van der Waals surface area contributed by atoms with Gasteiger partial charge in [0.15, 0.2) is 6.19 Å². The van der Waals surface area contributed by atoms with Gasteiger partial charge in [-0.05, 0) is 24.5 Å². The van der Waals surface area contributed by atoms with Crippen LogP contribution in [0.1, 0.15) is 30.6 Å². The van der Waals surface area contributed by atoms with Gasteiger partial charge in [-0.1, -0.05) is 26.0 Å². The number of nitrogens with two attached hydrogens (primary N) is 1. The van der Waals surface area contributed by atoms with E-state index in [0.29, 0.717) is 17.7 Å². The first-order valence-electron chi connectivity index (χ1n) is 6.69. The normalized spacial score (nSPS) is 11.6. The lowest BCUT2D eigenvalue weighted by Crippen LogP contribution is -2.46. The van der Waals surface area contributed by atoms with Crippen molar-refractivity contribution in [3.05, 3.63) is 29.8 Å². The average Bonchev–Trinajstić information content (AvgIpc) is 2.44. The van der Waals surface area contributed by atoms with E-state index < -0.39 is 17.9 Å². The van der Waals surface area contributed by atoms with Crippen LogP contribution < -0.4 is 11.1 Å². The van der Waals surface area contributed by atoms with Crippen molar-refractivity contribution in [3.63, 3.8) is 0 Å². The van der Waals surface area contributed by atoms with E-state index in [1.807, 2.05) is 13.8 Å². The molecule has 0 heterocycles. The summed E-state index contributed by atoms with van der Waals surface area (Å²) >= 11 is 0. The summed E-state index contributed by atoms with van der Waals surface area (Å²) in [6.07, 6.45) is 2.20. The number of nitrogens with one attached hydrogen (secondary N) is 1.